The van der Waals surface area contributed by atoms with Crippen molar-refractivity contribution < 1.29 is 0 Å². The third-order valence-electron chi connectivity index (χ3n) is 3.62. The van der Waals surface area contributed by atoms with Crippen LogP contribution in [0.15, 0.2) is 66.9 Å². The van der Waals surface area contributed by atoms with Crippen molar-refractivity contribution in [1.29, 1.82) is 0 Å². The SMILES string of the molecule is Clc1nccc2c1c(-c1ccccc1)nc1ccccc12. The molecule has 0 fully saturated rings. The van der Waals surface area contributed by atoms with Crippen LogP contribution < -0.4 is 0 Å². The molecule has 0 amide bonds. The van der Waals surface area contributed by atoms with Gasteiger partial charge in [-0.2, -0.15) is 0 Å². The van der Waals surface area contributed by atoms with Crippen LogP contribution in [0.3, 0.4) is 0 Å². The third-order valence-corrected chi connectivity index (χ3v) is 3.90. The van der Waals surface area contributed by atoms with Gasteiger partial charge >= 0.3 is 0 Å². The van der Waals surface area contributed by atoms with Crippen molar-refractivity contribution in [2.45, 2.75) is 0 Å². The molecule has 2 aromatic carbocycles. The first kappa shape index (κ1) is 12.3. The van der Waals surface area contributed by atoms with Gasteiger partial charge in [-0.15, -0.1) is 0 Å². The van der Waals surface area contributed by atoms with Crippen molar-refractivity contribution in [2.24, 2.45) is 0 Å². The summed E-state index contributed by atoms with van der Waals surface area (Å²) in [6.07, 6.45) is 1.74. The van der Waals surface area contributed by atoms with Gasteiger partial charge < -0.3 is 0 Å². The number of fused-ring (bicyclic) bond motifs is 3. The lowest BCUT2D eigenvalue weighted by Crippen LogP contribution is -1.91. The van der Waals surface area contributed by atoms with Gasteiger partial charge in [0.1, 0.15) is 5.15 Å². The molecule has 21 heavy (non-hydrogen) atoms. The number of halogens is 1. The Bertz CT molecular complexity index is 949. The van der Waals surface area contributed by atoms with Crippen LogP contribution in [0.5, 0.6) is 0 Å². The minimum Gasteiger partial charge on any atom is -0.247 e. The molecule has 0 aliphatic rings. The van der Waals surface area contributed by atoms with E-state index in [2.05, 4.69) is 11.1 Å². The number of hydrogen-bond donors (Lipinski definition) is 0. The molecule has 100 valence electrons. The maximum absolute atomic E-state index is 6.36. The van der Waals surface area contributed by atoms with Gasteiger partial charge in [0.2, 0.25) is 0 Å². The molecule has 0 atom stereocenters. The number of hydrogen-bond acceptors (Lipinski definition) is 2. The Labute approximate surface area is 127 Å². The second kappa shape index (κ2) is 4.83. The standard InChI is InChI=1S/C18H11ClN2/c19-18-16-14(10-11-20-18)13-8-4-5-9-15(13)21-17(16)12-6-2-1-3-7-12/h1-11H. The quantitative estimate of drug-likeness (QED) is 0.360. The van der Waals surface area contributed by atoms with Gasteiger partial charge in [0, 0.05) is 22.5 Å². The highest BCUT2D eigenvalue weighted by molar-refractivity contribution is 6.36. The van der Waals surface area contributed by atoms with E-state index in [-0.39, 0.29) is 0 Å². The molecule has 3 heteroatoms. The van der Waals surface area contributed by atoms with Crippen molar-refractivity contribution in [2.75, 3.05) is 0 Å². The van der Waals surface area contributed by atoms with Crippen LogP contribution in [0.4, 0.5) is 0 Å². The molecule has 0 saturated carbocycles. The molecule has 2 heterocycles. The number of nitrogens with zero attached hydrogens (tertiary/aromatic N) is 2. The zero-order valence-corrected chi connectivity index (χ0v) is 11.9. The lowest BCUT2D eigenvalue weighted by atomic mass is 10.0. The Balaban J connectivity index is 2.23. The maximum atomic E-state index is 6.36. The second-order valence-electron chi connectivity index (χ2n) is 4.87. The zero-order valence-electron chi connectivity index (χ0n) is 11.1. The van der Waals surface area contributed by atoms with Crippen molar-refractivity contribution in [3.05, 3.63) is 72.0 Å². The fourth-order valence-electron chi connectivity index (χ4n) is 2.67. The lowest BCUT2D eigenvalue weighted by molar-refractivity contribution is 1.35. The van der Waals surface area contributed by atoms with Gasteiger partial charge in [-0.1, -0.05) is 60.1 Å². The number of benzene rings is 2. The summed E-state index contributed by atoms with van der Waals surface area (Å²) in [5.74, 6) is 0. The van der Waals surface area contributed by atoms with Gasteiger partial charge in [0.25, 0.3) is 0 Å². The first-order valence-electron chi connectivity index (χ1n) is 6.73. The minimum absolute atomic E-state index is 0.490. The summed E-state index contributed by atoms with van der Waals surface area (Å²) in [6, 6.07) is 20.2. The normalized spacial score (nSPS) is 11.1. The van der Waals surface area contributed by atoms with Crippen LogP contribution >= 0.6 is 11.6 Å². The molecule has 0 aliphatic heterocycles. The summed E-state index contributed by atoms with van der Waals surface area (Å²) in [6.45, 7) is 0. The number of rotatable bonds is 1. The number of para-hydroxylation sites is 1. The molecule has 0 radical (unpaired) electrons. The molecule has 0 bridgehead atoms. The summed E-state index contributed by atoms with van der Waals surface area (Å²) in [5.41, 5.74) is 2.89. The number of pyridine rings is 2. The van der Waals surface area contributed by atoms with E-state index in [1.165, 1.54) is 0 Å². The van der Waals surface area contributed by atoms with Crippen LogP contribution in [-0.4, -0.2) is 9.97 Å². The summed E-state index contributed by atoms with van der Waals surface area (Å²) >= 11 is 6.36. The van der Waals surface area contributed by atoms with Crippen LogP contribution in [-0.2, 0) is 0 Å². The molecule has 2 aromatic heterocycles. The summed E-state index contributed by atoms with van der Waals surface area (Å²) < 4.78 is 0. The first-order valence-corrected chi connectivity index (χ1v) is 7.11. The fraction of sp³-hybridized carbons (Fsp3) is 0. The van der Waals surface area contributed by atoms with Crippen molar-refractivity contribution in [3.63, 3.8) is 0 Å². The van der Waals surface area contributed by atoms with Crippen LogP contribution in [0.25, 0.3) is 32.9 Å². The fourth-order valence-corrected chi connectivity index (χ4v) is 2.91. The van der Waals surface area contributed by atoms with E-state index in [1.807, 2.05) is 54.6 Å². The Hall–Kier alpha value is -2.45. The third kappa shape index (κ3) is 1.96. The van der Waals surface area contributed by atoms with E-state index in [0.29, 0.717) is 5.15 Å². The molecular formula is C18H11ClN2. The van der Waals surface area contributed by atoms with Gasteiger partial charge in [0.05, 0.1) is 11.2 Å². The Morgan fingerprint density at radius 2 is 1.52 bits per heavy atom. The van der Waals surface area contributed by atoms with Gasteiger partial charge in [-0.3, -0.25) is 0 Å². The van der Waals surface area contributed by atoms with E-state index in [4.69, 9.17) is 16.6 Å². The first-order chi connectivity index (χ1) is 10.3. The van der Waals surface area contributed by atoms with Gasteiger partial charge in [0.15, 0.2) is 0 Å². The number of aromatic nitrogens is 2. The highest BCUT2D eigenvalue weighted by Gasteiger charge is 2.13. The predicted molar refractivity (Wildman–Crippen MR) is 87.5 cm³/mol. The van der Waals surface area contributed by atoms with E-state index >= 15 is 0 Å². The van der Waals surface area contributed by atoms with Crippen molar-refractivity contribution >= 4 is 33.3 Å². The van der Waals surface area contributed by atoms with Gasteiger partial charge in [-0.25, -0.2) is 9.97 Å². The van der Waals surface area contributed by atoms with Crippen molar-refractivity contribution in [3.8, 4) is 11.3 Å². The van der Waals surface area contributed by atoms with Crippen LogP contribution in [0.2, 0.25) is 5.15 Å². The average Bonchev–Trinajstić information content (AvgIpc) is 2.55. The smallest absolute Gasteiger partial charge is 0.139 e. The van der Waals surface area contributed by atoms with Gasteiger partial charge in [-0.05, 0) is 17.5 Å². The molecule has 0 unspecified atom stereocenters. The molecule has 0 aliphatic carbocycles. The topological polar surface area (TPSA) is 25.8 Å². The van der Waals surface area contributed by atoms with Crippen LogP contribution in [0, 0.1) is 0 Å². The van der Waals surface area contributed by atoms with Crippen LogP contribution in [0.1, 0.15) is 0 Å². The molecule has 0 saturated heterocycles. The summed E-state index contributed by atoms with van der Waals surface area (Å²) in [7, 11) is 0. The molecular weight excluding hydrogens is 280 g/mol. The van der Waals surface area contributed by atoms with E-state index in [9.17, 15) is 0 Å². The average molecular weight is 291 g/mol. The Morgan fingerprint density at radius 3 is 2.38 bits per heavy atom. The largest absolute Gasteiger partial charge is 0.247 e. The zero-order chi connectivity index (χ0) is 14.2. The highest BCUT2D eigenvalue weighted by Crippen LogP contribution is 2.35. The molecule has 0 N–H and O–H groups in total. The minimum atomic E-state index is 0.490. The van der Waals surface area contributed by atoms with E-state index < -0.39 is 0 Å². The van der Waals surface area contributed by atoms with E-state index in [1.54, 1.807) is 6.20 Å². The molecule has 2 nitrogen and oxygen atoms in total. The molecule has 4 rings (SSSR count). The lowest BCUT2D eigenvalue weighted by Gasteiger charge is -2.10. The van der Waals surface area contributed by atoms with E-state index in [0.717, 1.165) is 32.9 Å². The monoisotopic (exact) mass is 290 g/mol. The summed E-state index contributed by atoms with van der Waals surface area (Å²) in [4.78, 5) is 9.04. The highest BCUT2D eigenvalue weighted by atomic mass is 35.5. The molecule has 4 aromatic rings. The summed E-state index contributed by atoms with van der Waals surface area (Å²) in [5, 5.41) is 3.57. The molecule has 0 spiro atoms. The Kier molecular flexibility index (Phi) is 2.83. The Morgan fingerprint density at radius 1 is 0.762 bits per heavy atom. The second-order valence-corrected chi connectivity index (χ2v) is 5.23. The maximum Gasteiger partial charge on any atom is 0.139 e. The predicted octanol–water partition coefficient (Wildman–Crippen LogP) is 5.10. The van der Waals surface area contributed by atoms with Crippen molar-refractivity contribution in [1.82, 2.24) is 9.97 Å².